The van der Waals surface area contributed by atoms with E-state index in [4.69, 9.17) is 9.47 Å². The van der Waals surface area contributed by atoms with Gasteiger partial charge in [-0.15, -0.1) is 0 Å². The van der Waals surface area contributed by atoms with Crippen LogP contribution in [-0.2, 0) is 4.79 Å². The van der Waals surface area contributed by atoms with Gasteiger partial charge in [-0.05, 0) is 55.8 Å². The molecule has 0 bridgehead atoms. The molecular formula is C19H20FNO3. The van der Waals surface area contributed by atoms with Gasteiger partial charge in [0.1, 0.15) is 5.82 Å². The second kappa shape index (κ2) is 8.15. The number of halogens is 1. The molecule has 126 valence electrons. The fraction of sp³-hybridized carbons (Fsp3) is 0.211. The minimum absolute atomic E-state index is 0.0392. The van der Waals surface area contributed by atoms with E-state index < -0.39 is 5.82 Å². The van der Waals surface area contributed by atoms with Crippen LogP contribution in [0.5, 0.6) is 11.5 Å². The summed E-state index contributed by atoms with van der Waals surface area (Å²) in [6, 6.07) is 11.1. The first-order valence-electron chi connectivity index (χ1n) is 7.57. The molecule has 0 saturated heterocycles. The zero-order valence-corrected chi connectivity index (χ0v) is 13.9. The third kappa shape index (κ3) is 5.12. The van der Waals surface area contributed by atoms with Crippen LogP contribution in [0.25, 0.3) is 6.08 Å². The number of carbonyl (C=O) groups is 1. The van der Waals surface area contributed by atoms with E-state index in [1.54, 1.807) is 31.4 Å². The molecule has 0 aliphatic heterocycles. The molecule has 2 aromatic carbocycles. The van der Waals surface area contributed by atoms with Gasteiger partial charge in [-0.3, -0.25) is 4.79 Å². The second-order valence-corrected chi connectivity index (χ2v) is 5.41. The molecule has 0 aromatic heterocycles. The number of hydrogen-bond acceptors (Lipinski definition) is 3. The number of methoxy groups -OCH3 is 1. The normalized spacial score (nSPS) is 10.9. The van der Waals surface area contributed by atoms with Gasteiger partial charge in [0, 0.05) is 11.8 Å². The first-order valence-corrected chi connectivity index (χ1v) is 7.57. The summed E-state index contributed by atoms with van der Waals surface area (Å²) in [5.74, 6) is 0.495. The van der Waals surface area contributed by atoms with E-state index in [0.29, 0.717) is 17.2 Å². The van der Waals surface area contributed by atoms with Crippen LogP contribution in [0.15, 0.2) is 48.5 Å². The van der Waals surface area contributed by atoms with E-state index in [2.05, 4.69) is 5.32 Å². The smallest absolute Gasteiger partial charge is 0.248 e. The van der Waals surface area contributed by atoms with Crippen LogP contribution >= 0.6 is 0 Å². The van der Waals surface area contributed by atoms with Crippen molar-refractivity contribution in [2.45, 2.75) is 20.0 Å². The maximum atomic E-state index is 13.1. The molecule has 0 fully saturated rings. The standard InChI is InChI=1S/C19H20FNO3/c1-13(2)24-17-9-7-14(11-18(17)23-3)8-10-19(22)21-16-6-4-5-15(20)12-16/h4-13H,1-3H3,(H,21,22). The average Bonchev–Trinajstić information content (AvgIpc) is 2.53. The van der Waals surface area contributed by atoms with Crippen LogP contribution in [0.1, 0.15) is 19.4 Å². The Morgan fingerprint density at radius 3 is 2.62 bits per heavy atom. The molecule has 2 rings (SSSR count). The molecule has 0 radical (unpaired) electrons. The third-order valence-corrected chi connectivity index (χ3v) is 3.07. The van der Waals surface area contributed by atoms with Gasteiger partial charge in [0.2, 0.25) is 5.91 Å². The second-order valence-electron chi connectivity index (χ2n) is 5.41. The van der Waals surface area contributed by atoms with Gasteiger partial charge in [0.05, 0.1) is 13.2 Å². The van der Waals surface area contributed by atoms with Gasteiger partial charge in [-0.25, -0.2) is 4.39 Å². The predicted octanol–water partition coefficient (Wildman–Crippen LogP) is 4.27. The minimum Gasteiger partial charge on any atom is -0.493 e. The van der Waals surface area contributed by atoms with Crippen molar-refractivity contribution in [2.24, 2.45) is 0 Å². The summed E-state index contributed by atoms with van der Waals surface area (Å²) in [6.07, 6.45) is 3.07. The molecule has 0 heterocycles. The lowest BCUT2D eigenvalue weighted by atomic mass is 10.2. The summed E-state index contributed by atoms with van der Waals surface area (Å²) in [7, 11) is 1.56. The van der Waals surface area contributed by atoms with E-state index in [1.165, 1.54) is 24.3 Å². The number of anilines is 1. The highest BCUT2D eigenvalue weighted by molar-refractivity contribution is 6.01. The van der Waals surface area contributed by atoms with Crippen LogP contribution in [0.4, 0.5) is 10.1 Å². The summed E-state index contributed by atoms with van der Waals surface area (Å²) in [6.45, 7) is 3.87. The Hall–Kier alpha value is -2.82. The summed E-state index contributed by atoms with van der Waals surface area (Å²) in [5.41, 5.74) is 1.19. The monoisotopic (exact) mass is 329 g/mol. The number of benzene rings is 2. The van der Waals surface area contributed by atoms with Gasteiger partial charge in [-0.1, -0.05) is 12.1 Å². The summed E-state index contributed by atoms with van der Waals surface area (Å²) < 4.78 is 24.0. The number of ether oxygens (including phenoxy) is 2. The first-order chi connectivity index (χ1) is 11.5. The molecule has 5 heteroatoms. The van der Waals surface area contributed by atoms with Gasteiger partial charge in [0.15, 0.2) is 11.5 Å². The molecule has 4 nitrogen and oxygen atoms in total. The Kier molecular flexibility index (Phi) is 5.95. The van der Waals surface area contributed by atoms with E-state index in [0.717, 1.165) is 5.56 Å². The van der Waals surface area contributed by atoms with E-state index in [9.17, 15) is 9.18 Å². The summed E-state index contributed by atoms with van der Waals surface area (Å²) in [4.78, 5) is 11.9. The molecule has 0 atom stereocenters. The van der Waals surface area contributed by atoms with Crippen molar-refractivity contribution in [3.05, 3.63) is 59.9 Å². The topological polar surface area (TPSA) is 47.6 Å². The van der Waals surface area contributed by atoms with Crippen molar-refractivity contribution in [3.8, 4) is 11.5 Å². The van der Waals surface area contributed by atoms with Crippen molar-refractivity contribution < 1.29 is 18.7 Å². The quantitative estimate of drug-likeness (QED) is 0.805. The lowest BCUT2D eigenvalue weighted by Gasteiger charge is -2.13. The van der Waals surface area contributed by atoms with Crippen LogP contribution in [-0.4, -0.2) is 19.1 Å². The lowest BCUT2D eigenvalue weighted by Crippen LogP contribution is -2.08. The molecule has 2 aromatic rings. The molecule has 0 spiro atoms. The number of hydrogen-bond donors (Lipinski definition) is 1. The van der Waals surface area contributed by atoms with E-state index >= 15 is 0 Å². The zero-order chi connectivity index (χ0) is 17.5. The lowest BCUT2D eigenvalue weighted by molar-refractivity contribution is -0.111. The maximum absolute atomic E-state index is 13.1. The highest BCUT2D eigenvalue weighted by Crippen LogP contribution is 2.29. The SMILES string of the molecule is COc1cc(C=CC(=O)Nc2cccc(F)c2)ccc1OC(C)C. The Morgan fingerprint density at radius 1 is 1.17 bits per heavy atom. The Morgan fingerprint density at radius 2 is 1.96 bits per heavy atom. The summed E-state index contributed by atoms with van der Waals surface area (Å²) >= 11 is 0. The summed E-state index contributed by atoms with van der Waals surface area (Å²) in [5, 5.41) is 2.60. The van der Waals surface area contributed by atoms with Crippen LogP contribution in [0, 0.1) is 5.82 Å². The molecule has 0 saturated carbocycles. The van der Waals surface area contributed by atoms with E-state index in [-0.39, 0.29) is 12.0 Å². The molecule has 1 amide bonds. The molecule has 0 unspecified atom stereocenters. The largest absolute Gasteiger partial charge is 0.493 e. The highest BCUT2D eigenvalue weighted by atomic mass is 19.1. The molecule has 0 aliphatic rings. The van der Waals surface area contributed by atoms with Gasteiger partial charge < -0.3 is 14.8 Å². The molecule has 0 aliphatic carbocycles. The van der Waals surface area contributed by atoms with Crippen molar-refractivity contribution in [3.63, 3.8) is 0 Å². The van der Waals surface area contributed by atoms with Gasteiger partial charge >= 0.3 is 0 Å². The fourth-order valence-electron chi connectivity index (χ4n) is 2.06. The fourth-order valence-corrected chi connectivity index (χ4v) is 2.06. The Bertz CT molecular complexity index is 741. The molecule has 24 heavy (non-hydrogen) atoms. The molecule has 1 N–H and O–H groups in total. The predicted molar refractivity (Wildman–Crippen MR) is 92.8 cm³/mol. The van der Waals surface area contributed by atoms with Crippen molar-refractivity contribution in [1.82, 2.24) is 0 Å². The Labute approximate surface area is 140 Å². The van der Waals surface area contributed by atoms with E-state index in [1.807, 2.05) is 19.9 Å². The van der Waals surface area contributed by atoms with Crippen molar-refractivity contribution in [2.75, 3.05) is 12.4 Å². The maximum Gasteiger partial charge on any atom is 0.248 e. The van der Waals surface area contributed by atoms with Crippen LogP contribution < -0.4 is 14.8 Å². The van der Waals surface area contributed by atoms with Gasteiger partial charge in [-0.2, -0.15) is 0 Å². The van der Waals surface area contributed by atoms with Crippen LogP contribution in [0.3, 0.4) is 0 Å². The average molecular weight is 329 g/mol. The molecular weight excluding hydrogens is 309 g/mol. The zero-order valence-electron chi connectivity index (χ0n) is 13.9. The Balaban J connectivity index is 2.06. The number of carbonyl (C=O) groups excluding carboxylic acids is 1. The number of rotatable bonds is 6. The van der Waals surface area contributed by atoms with Crippen molar-refractivity contribution >= 4 is 17.7 Å². The first kappa shape index (κ1) is 17.5. The van der Waals surface area contributed by atoms with Gasteiger partial charge in [0.25, 0.3) is 0 Å². The number of nitrogens with one attached hydrogen (secondary N) is 1. The number of amides is 1. The van der Waals surface area contributed by atoms with Crippen LogP contribution in [0.2, 0.25) is 0 Å². The third-order valence-electron chi connectivity index (χ3n) is 3.07. The highest BCUT2D eigenvalue weighted by Gasteiger charge is 2.07. The van der Waals surface area contributed by atoms with Crippen molar-refractivity contribution in [1.29, 1.82) is 0 Å². The minimum atomic E-state index is -0.401.